The highest BCUT2D eigenvalue weighted by Crippen LogP contribution is 2.25. The van der Waals surface area contributed by atoms with Crippen molar-refractivity contribution in [2.24, 2.45) is 5.92 Å². The molecule has 0 amide bonds. The van der Waals surface area contributed by atoms with Crippen molar-refractivity contribution >= 4 is 17.3 Å². The molecule has 0 heterocycles. The average molecular weight is 268 g/mol. The molecular formula is C12H16N2O5. The third-order valence-electron chi connectivity index (χ3n) is 2.52. The van der Waals surface area contributed by atoms with E-state index < -0.39 is 10.9 Å². The Morgan fingerprint density at radius 3 is 2.74 bits per heavy atom. The van der Waals surface area contributed by atoms with Gasteiger partial charge in [-0.05, 0) is 5.92 Å². The number of hydrogen-bond acceptors (Lipinski definition) is 5. The lowest BCUT2D eigenvalue weighted by Crippen LogP contribution is -2.15. The summed E-state index contributed by atoms with van der Waals surface area (Å²) in [5.41, 5.74) is 0.455. The maximum atomic E-state index is 10.7. The topological polar surface area (TPSA) is 102 Å². The van der Waals surface area contributed by atoms with E-state index in [0.29, 0.717) is 18.0 Å². The summed E-state index contributed by atoms with van der Waals surface area (Å²) in [5.74, 6) is -0.573. The molecule has 0 bridgehead atoms. The number of non-ortho nitro benzene ring substituents is 1. The van der Waals surface area contributed by atoms with Gasteiger partial charge in [-0.2, -0.15) is 0 Å². The van der Waals surface area contributed by atoms with Gasteiger partial charge in [0.1, 0.15) is 5.75 Å². The van der Waals surface area contributed by atoms with Gasteiger partial charge < -0.3 is 15.2 Å². The molecule has 7 nitrogen and oxygen atoms in total. The van der Waals surface area contributed by atoms with Crippen molar-refractivity contribution in [3.63, 3.8) is 0 Å². The van der Waals surface area contributed by atoms with Gasteiger partial charge >= 0.3 is 5.97 Å². The second-order valence-corrected chi connectivity index (χ2v) is 4.26. The van der Waals surface area contributed by atoms with Gasteiger partial charge in [0, 0.05) is 30.8 Å². The third kappa shape index (κ3) is 4.82. The largest absolute Gasteiger partial charge is 0.496 e. The summed E-state index contributed by atoms with van der Waals surface area (Å²) in [6.07, 6.45) is 0.0407. The van der Waals surface area contributed by atoms with E-state index in [2.05, 4.69) is 5.32 Å². The van der Waals surface area contributed by atoms with Crippen LogP contribution in [0.5, 0.6) is 5.75 Å². The van der Waals surface area contributed by atoms with E-state index >= 15 is 0 Å². The first-order valence-corrected chi connectivity index (χ1v) is 5.71. The number of anilines is 1. The zero-order chi connectivity index (χ0) is 14.4. The lowest BCUT2D eigenvalue weighted by molar-refractivity contribution is -0.384. The first-order valence-electron chi connectivity index (χ1n) is 5.71. The van der Waals surface area contributed by atoms with Crippen LogP contribution < -0.4 is 10.1 Å². The predicted octanol–water partition coefficient (Wildman–Crippen LogP) is 2.13. The number of aliphatic carboxylic acids is 1. The summed E-state index contributed by atoms with van der Waals surface area (Å²) in [7, 11) is 1.43. The number of carboxylic acids is 1. The van der Waals surface area contributed by atoms with E-state index in [0.717, 1.165) is 0 Å². The van der Waals surface area contributed by atoms with Crippen LogP contribution in [0, 0.1) is 16.0 Å². The van der Waals surface area contributed by atoms with Crippen LogP contribution >= 0.6 is 0 Å². The number of nitrogens with one attached hydrogen (secondary N) is 1. The Bertz CT molecular complexity index is 475. The van der Waals surface area contributed by atoms with E-state index in [1.807, 2.05) is 0 Å². The number of carbonyl (C=O) groups is 1. The van der Waals surface area contributed by atoms with Crippen LogP contribution in [-0.2, 0) is 4.79 Å². The molecule has 19 heavy (non-hydrogen) atoms. The van der Waals surface area contributed by atoms with Crippen molar-refractivity contribution in [2.75, 3.05) is 19.0 Å². The Morgan fingerprint density at radius 1 is 1.53 bits per heavy atom. The monoisotopic (exact) mass is 268 g/mol. The minimum absolute atomic E-state index is 0.0407. The smallest absolute Gasteiger partial charge is 0.303 e. The molecule has 1 unspecified atom stereocenters. The van der Waals surface area contributed by atoms with Crippen molar-refractivity contribution in [3.8, 4) is 5.75 Å². The molecular weight excluding hydrogens is 252 g/mol. The van der Waals surface area contributed by atoms with E-state index in [1.54, 1.807) is 13.0 Å². The summed E-state index contributed by atoms with van der Waals surface area (Å²) >= 11 is 0. The highest BCUT2D eigenvalue weighted by atomic mass is 16.6. The quantitative estimate of drug-likeness (QED) is 0.580. The number of methoxy groups -OCH3 is 1. The second-order valence-electron chi connectivity index (χ2n) is 4.26. The Morgan fingerprint density at radius 2 is 2.21 bits per heavy atom. The SMILES string of the molecule is COc1cc(NCC(C)CC(=O)O)cc([N+](=O)[O-])c1. The molecule has 0 aliphatic rings. The Balaban J connectivity index is 2.74. The molecule has 0 fully saturated rings. The lowest BCUT2D eigenvalue weighted by Gasteiger charge is -2.12. The number of benzene rings is 1. The van der Waals surface area contributed by atoms with Gasteiger partial charge in [0.25, 0.3) is 5.69 Å². The molecule has 0 aliphatic carbocycles. The number of nitro benzene ring substituents is 1. The number of ether oxygens (including phenoxy) is 1. The molecule has 1 rings (SSSR count). The van der Waals surface area contributed by atoms with E-state index in [4.69, 9.17) is 9.84 Å². The van der Waals surface area contributed by atoms with Gasteiger partial charge in [0.15, 0.2) is 0 Å². The van der Waals surface area contributed by atoms with E-state index in [1.165, 1.54) is 19.2 Å². The highest BCUT2D eigenvalue weighted by molar-refractivity contribution is 5.67. The van der Waals surface area contributed by atoms with Gasteiger partial charge in [-0.1, -0.05) is 6.92 Å². The molecule has 0 aliphatic heterocycles. The lowest BCUT2D eigenvalue weighted by atomic mass is 10.1. The third-order valence-corrected chi connectivity index (χ3v) is 2.52. The minimum Gasteiger partial charge on any atom is -0.496 e. The summed E-state index contributed by atoms with van der Waals surface area (Å²) in [4.78, 5) is 20.8. The molecule has 0 saturated carbocycles. The molecule has 1 aromatic rings. The maximum Gasteiger partial charge on any atom is 0.303 e. The van der Waals surface area contributed by atoms with Crippen molar-refractivity contribution in [3.05, 3.63) is 28.3 Å². The van der Waals surface area contributed by atoms with Crippen LogP contribution in [0.1, 0.15) is 13.3 Å². The van der Waals surface area contributed by atoms with E-state index in [9.17, 15) is 14.9 Å². The van der Waals surface area contributed by atoms with Crippen molar-refractivity contribution in [1.82, 2.24) is 0 Å². The van der Waals surface area contributed by atoms with Crippen LogP contribution in [0.25, 0.3) is 0 Å². The summed E-state index contributed by atoms with van der Waals surface area (Å²) in [6.45, 7) is 2.20. The molecule has 1 aromatic carbocycles. The Kier molecular flexibility index (Phi) is 5.11. The van der Waals surface area contributed by atoms with Crippen molar-refractivity contribution < 1.29 is 19.6 Å². The van der Waals surface area contributed by atoms with Gasteiger partial charge in [0.05, 0.1) is 18.1 Å². The standard InChI is InChI=1S/C12H16N2O5/c1-8(3-12(15)16)7-13-9-4-10(14(17)18)6-11(5-9)19-2/h4-6,8,13H,3,7H2,1-2H3,(H,15,16). The number of nitro groups is 1. The summed E-state index contributed by atoms with van der Waals surface area (Å²) in [6, 6.07) is 4.34. The first kappa shape index (κ1) is 14.7. The van der Waals surface area contributed by atoms with E-state index in [-0.39, 0.29) is 18.0 Å². The van der Waals surface area contributed by atoms with Gasteiger partial charge in [-0.25, -0.2) is 0 Å². The maximum absolute atomic E-state index is 10.7. The fraction of sp³-hybridized carbons (Fsp3) is 0.417. The first-order chi connectivity index (χ1) is 8.92. The molecule has 2 N–H and O–H groups in total. The average Bonchev–Trinajstić information content (AvgIpc) is 2.35. The van der Waals surface area contributed by atoms with Gasteiger partial charge in [0.2, 0.25) is 0 Å². The molecule has 104 valence electrons. The zero-order valence-corrected chi connectivity index (χ0v) is 10.8. The second kappa shape index (κ2) is 6.58. The number of nitrogens with zero attached hydrogens (tertiary/aromatic N) is 1. The fourth-order valence-electron chi connectivity index (χ4n) is 1.57. The van der Waals surface area contributed by atoms with Crippen molar-refractivity contribution in [2.45, 2.75) is 13.3 Å². The molecule has 0 saturated heterocycles. The van der Waals surface area contributed by atoms with Gasteiger partial charge in [-0.3, -0.25) is 14.9 Å². The highest BCUT2D eigenvalue weighted by Gasteiger charge is 2.12. The number of rotatable bonds is 7. The number of hydrogen-bond donors (Lipinski definition) is 2. The number of carboxylic acid groups (broad SMARTS) is 1. The van der Waals surface area contributed by atoms with Crippen molar-refractivity contribution in [1.29, 1.82) is 0 Å². The minimum atomic E-state index is -0.870. The zero-order valence-electron chi connectivity index (χ0n) is 10.8. The molecule has 0 radical (unpaired) electrons. The molecule has 1 atom stereocenters. The Labute approximate surface area is 110 Å². The van der Waals surface area contributed by atoms with Gasteiger partial charge in [-0.15, -0.1) is 0 Å². The predicted molar refractivity (Wildman–Crippen MR) is 69.6 cm³/mol. The molecule has 7 heteroatoms. The normalized spacial score (nSPS) is 11.7. The molecule has 0 spiro atoms. The van der Waals surface area contributed by atoms with Crippen LogP contribution in [0.15, 0.2) is 18.2 Å². The van der Waals surface area contributed by atoms with Crippen LogP contribution in [0.4, 0.5) is 11.4 Å². The molecule has 0 aromatic heterocycles. The summed E-state index contributed by atoms with van der Waals surface area (Å²) < 4.78 is 4.98. The van der Waals surface area contributed by atoms with Crippen LogP contribution in [0.2, 0.25) is 0 Å². The van der Waals surface area contributed by atoms with Crippen LogP contribution in [0.3, 0.4) is 0 Å². The van der Waals surface area contributed by atoms with Crippen LogP contribution in [-0.4, -0.2) is 29.7 Å². The summed E-state index contributed by atoms with van der Waals surface area (Å²) in [5, 5.41) is 22.4. The fourth-order valence-corrected chi connectivity index (χ4v) is 1.57. The Hall–Kier alpha value is -2.31.